The van der Waals surface area contributed by atoms with Crippen molar-refractivity contribution in [1.29, 1.82) is 0 Å². The molecule has 5 nitrogen and oxygen atoms in total. The summed E-state index contributed by atoms with van der Waals surface area (Å²) < 4.78 is 0. The van der Waals surface area contributed by atoms with Crippen LogP contribution < -0.4 is 10.6 Å². The van der Waals surface area contributed by atoms with Gasteiger partial charge in [0, 0.05) is 12.2 Å². The lowest BCUT2D eigenvalue weighted by molar-refractivity contribution is 0.102. The predicted octanol–water partition coefficient (Wildman–Crippen LogP) is 3.64. The molecule has 2 N–H and O–H groups in total. The number of amides is 1. The van der Waals surface area contributed by atoms with Crippen molar-refractivity contribution in [2.75, 3.05) is 17.2 Å². The van der Waals surface area contributed by atoms with Crippen molar-refractivity contribution in [3.8, 4) is 0 Å². The van der Waals surface area contributed by atoms with E-state index in [0.29, 0.717) is 11.5 Å². The molecule has 1 aromatic carbocycles. The number of rotatable bonds is 7. The summed E-state index contributed by atoms with van der Waals surface area (Å²) in [5, 5.41) is 14.0. The molecule has 2 rings (SSSR count). The van der Waals surface area contributed by atoms with Crippen molar-refractivity contribution in [2.45, 2.75) is 33.1 Å². The van der Waals surface area contributed by atoms with Gasteiger partial charge in [-0.05, 0) is 37.6 Å². The Labute approximate surface area is 131 Å². The van der Waals surface area contributed by atoms with E-state index in [2.05, 4.69) is 27.8 Å². The van der Waals surface area contributed by atoms with Gasteiger partial charge in [-0.1, -0.05) is 37.5 Å². The second kappa shape index (κ2) is 8.12. The number of hydrogen-bond acceptors (Lipinski definition) is 4. The SMILES string of the molecule is CCCCCNc1ccc(C(=O)Nc2ccc(C)cc2)nn1. The van der Waals surface area contributed by atoms with Crippen LogP contribution in [-0.2, 0) is 0 Å². The molecule has 0 aliphatic rings. The highest BCUT2D eigenvalue weighted by atomic mass is 16.1. The van der Waals surface area contributed by atoms with Gasteiger partial charge in [-0.15, -0.1) is 10.2 Å². The molecule has 0 saturated heterocycles. The number of nitrogens with one attached hydrogen (secondary N) is 2. The van der Waals surface area contributed by atoms with Gasteiger partial charge >= 0.3 is 0 Å². The normalized spacial score (nSPS) is 10.3. The largest absolute Gasteiger partial charge is 0.369 e. The van der Waals surface area contributed by atoms with Gasteiger partial charge in [0.05, 0.1) is 0 Å². The van der Waals surface area contributed by atoms with Crippen LogP contribution >= 0.6 is 0 Å². The van der Waals surface area contributed by atoms with Crippen LogP contribution in [0, 0.1) is 6.92 Å². The van der Waals surface area contributed by atoms with Gasteiger partial charge in [0.15, 0.2) is 5.69 Å². The molecular weight excluding hydrogens is 276 g/mol. The molecule has 0 saturated carbocycles. The van der Waals surface area contributed by atoms with Crippen molar-refractivity contribution in [3.63, 3.8) is 0 Å². The summed E-state index contributed by atoms with van der Waals surface area (Å²) in [6.07, 6.45) is 3.48. The van der Waals surface area contributed by atoms with E-state index in [4.69, 9.17) is 0 Å². The van der Waals surface area contributed by atoms with Gasteiger partial charge in [0.2, 0.25) is 0 Å². The number of benzene rings is 1. The molecule has 0 atom stereocenters. The topological polar surface area (TPSA) is 66.9 Å². The lowest BCUT2D eigenvalue weighted by atomic mass is 10.2. The summed E-state index contributed by atoms with van der Waals surface area (Å²) in [5.41, 5.74) is 2.20. The van der Waals surface area contributed by atoms with Gasteiger partial charge in [0.1, 0.15) is 5.82 Å². The molecule has 0 spiro atoms. The van der Waals surface area contributed by atoms with Crippen LogP contribution in [0.5, 0.6) is 0 Å². The molecule has 22 heavy (non-hydrogen) atoms. The molecule has 0 aliphatic heterocycles. The van der Waals surface area contributed by atoms with E-state index in [-0.39, 0.29) is 5.91 Å². The fraction of sp³-hybridized carbons (Fsp3) is 0.353. The van der Waals surface area contributed by atoms with Crippen molar-refractivity contribution in [1.82, 2.24) is 10.2 Å². The minimum atomic E-state index is -0.256. The molecule has 5 heteroatoms. The molecule has 1 aromatic heterocycles. The van der Waals surface area contributed by atoms with Gasteiger partial charge in [0.25, 0.3) is 5.91 Å². The first-order valence-electron chi connectivity index (χ1n) is 7.64. The molecule has 0 radical (unpaired) electrons. The van der Waals surface area contributed by atoms with Crippen LogP contribution in [0.25, 0.3) is 0 Å². The van der Waals surface area contributed by atoms with Gasteiger partial charge in [-0.2, -0.15) is 0 Å². The van der Waals surface area contributed by atoms with Crippen molar-refractivity contribution in [3.05, 3.63) is 47.7 Å². The van der Waals surface area contributed by atoms with E-state index in [1.54, 1.807) is 12.1 Å². The maximum Gasteiger partial charge on any atom is 0.276 e. The average Bonchev–Trinajstić information content (AvgIpc) is 2.54. The minimum Gasteiger partial charge on any atom is -0.369 e. The van der Waals surface area contributed by atoms with Crippen LogP contribution in [0.15, 0.2) is 36.4 Å². The predicted molar refractivity (Wildman–Crippen MR) is 89.2 cm³/mol. The Bertz CT molecular complexity index is 593. The first kappa shape index (κ1) is 15.9. The molecular formula is C17H22N4O. The van der Waals surface area contributed by atoms with Crippen LogP contribution in [0.2, 0.25) is 0 Å². The van der Waals surface area contributed by atoms with Gasteiger partial charge in [-0.25, -0.2) is 0 Å². The van der Waals surface area contributed by atoms with Gasteiger partial charge < -0.3 is 10.6 Å². The molecule has 0 bridgehead atoms. The lowest BCUT2D eigenvalue weighted by Gasteiger charge is -2.06. The highest BCUT2D eigenvalue weighted by Crippen LogP contribution is 2.10. The van der Waals surface area contributed by atoms with E-state index in [9.17, 15) is 4.79 Å². The number of carbonyl (C=O) groups is 1. The summed E-state index contributed by atoms with van der Waals surface area (Å²) in [6, 6.07) is 11.1. The first-order chi connectivity index (χ1) is 10.7. The zero-order valence-corrected chi connectivity index (χ0v) is 13.1. The molecule has 1 heterocycles. The Kier molecular flexibility index (Phi) is 5.89. The average molecular weight is 298 g/mol. The minimum absolute atomic E-state index is 0.256. The lowest BCUT2D eigenvalue weighted by Crippen LogP contribution is -2.15. The van der Waals surface area contributed by atoms with Gasteiger partial charge in [-0.3, -0.25) is 4.79 Å². The summed E-state index contributed by atoms with van der Waals surface area (Å²) in [7, 11) is 0. The number of unbranched alkanes of at least 4 members (excludes halogenated alkanes) is 2. The van der Waals surface area contributed by atoms with Crippen molar-refractivity contribution < 1.29 is 4.79 Å². The summed E-state index contributed by atoms with van der Waals surface area (Å²) >= 11 is 0. The number of aryl methyl sites for hydroxylation is 1. The zero-order valence-electron chi connectivity index (χ0n) is 13.1. The van der Waals surface area contributed by atoms with Crippen molar-refractivity contribution >= 4 is 17.4 Å². The van der Waals surface area contributed by atoms with E-state index in [0.717, 1.165) is 24.2 Å². The summed E-state index contributed by atoms with van der Waals surface area (Å²) in [4.78, 5) is 12.1. The first-order valence-corrected chi connectivity index (χ1v) is 7.64. The van der Waals surface area contributed by atoms with E-state index in [1.807, 2.05) is 31.2 Å². The van der Waals surface area contributed by atoms with E-state index < -0.39 is 0 Å². The Morgan fingerprint density at radius 1 is 1.05 bits per heavy atom. The fourth-order valence-corrected chi connectivity index (χ4v) is 1.97. The Hall–Kier alpha value is -2.43. The smallest absolute Gasteiger partial charge is 0.276 e. The molecule has 1 amide bonds. The monoisotopic (exact) mass is 298 g/mol. The Morgan fingerprint density at radius 2 is 1.82 bits per heavy atom. The molecule has 116 valence electrons. The van der Waals surface area contributed by atoms with E-state index >= 15 is 0 Å². The second-order valence-corrected chi connectivity index (χ2v) is 5.26. The quantitative estimate of drug-likeness (QED) is 0.766. The molecule has 0 fully saturated rings. The fourth-order valence-electron chi connectivity index (χ4n) is 1.97. The van der Waals surface area contributed by atoms with Crippen molar-refractivity contribution in [2.24, 2.45) is 0 Å². The molecule has 0 unspecified atom stereocenters. The number of nitrogens with zero attached hydrogens (tertiary/aromatic N) is 2. The van der Waals surface area contributed by atoms with E-state index in [1.165, 1.54) is 12.8 Å². The highest BCUT2D eigenvalue weighted by molar-refractivity contribution is 6.02. The number of aromatic nitrogens is 2. The summed E-state index contributed by atoms with van der Waals surface area (Å²) in [6.45, 7) is 5.04. The maximum atomic E-state index is 12.1. The second-order valence-electron chi connectivity index (χ2n) is 5.26. The standard InChI is InChI=1S/C17H22N4O/c1-3-4-5-12-18-16-11-10-15(20-21-16)17(22)19-14-8-6-13(2)7-9-14/h6-11H,3-5,12H2,1-2H3,(H,18,21)(H,19,22). The summed E-state index contributed by atoms with van der Waals surface area (Å²) in [5.74, 6) is 0.442. The third kappa shape index (κ3) is 4.84. The Morgan fingerprint density at radius 3 is 2.45 bits per heavy atom. The Balaban J connectivity index is 1.89. The number of anilines is 2. The zero-order chi connectivity index (χ0) is 15.8. The highest BCUT2D eigenvalue weighted by Gasteiger charge is 2.08. The van der Waals surface area contributed by atoms with Crippen LogP contribution in [0.4, 0.5) is 11.5 Å². The van der Waals surface area contributed by atoms with Crippen LogP contribution in [0.3, 0.4) is 0 Å². The van der Waals surface area contributed by atoms with Crippen LogP contribution in [-0.4, -0.2) is 22.6 Å². The number of carbonyl (C=O) groups excluding carboxylic acids is 1. The molecule has 2 aromatic rings. The third-order valence-electron chi connectivity index (χ3n) is 3.29. The number of hydrogen-bond donors (Lipinski definition) is 2. The molecule has 0 aliphatic carbocycles. The third-order valence-corrected chi connectivity index (χ3v) is 3.29. The maximum absolute atomic E-state index is 12.1. The van der Waals surface area contributed by atoms with Crippen LogP contribution in [0.1, 0.15) is 42.2 Å².